The molecule has 0 radical (unpaired) electrons. The highest BCUT2D eigenvalue weighted by Crippen LogP contribution is 2.14. The monoisotopic (exact) mass is 524 g/mol. The number of esters is 2. The molecule has 0 amide bonds. The van der Waals surface area contributed by atoms with Gasteiger partial charge in [0.05, 0.1) is 31.1 Å². The maximum Gasteiger partial charge on any atom is 0.335 e. The number of halogens is 1. The largest absolute Gasteiger partial charge is 0.478 e. The molecule has 1 aliphatic rings. The standard InChI is InChI=1S/C11H12O3.C11H12O2.C7H5ClO2/c12-11(6-10-8-13-10)14-7-9-4-2-1-3-5-9;1-2-6-11(12)13-9-10-7-4-3-5-8-10;8-6-3-1-2-5(4-6)7(9)10/h1-5,10H,6-8H2;2-5,7-8H,1,6,9H2;1-4H,(H,9,10). The molecule has 0 bridgehead atoms. The van der Waals surface area contributed by atoms with Crippen LogP contribution in [0.5, 0.6) is 0 Å². The summed E-state index contributed by atoms with van der Waals surface area (Å²) >= 11 is 5.53. The zero-order valence-electron chi connectivity index (χ0n) is 20.3. The van der Waals surface area contributed by atoms with Crippen molar-refractivity contribution in [1.29, 1.82) is 0 Å². The molecular weight excluding hydrogens is 496 g/mol. The number of hydrogen-bond donors (Lipinski definition) is 1. The van der Waals surface area contributed by atoms with Gasteiger partial charge in [-0.05, 0) is 29.3 Å². The Labute approximate surface area is 221 Å². The van der Waals surface area contributed by atoms with Gasteiger partial charge in [0.25, 0.3) is 0 Å². The topological polar surface area (TPSA) is 102 Å². The number of hydrogen-bond acceptors (Lipinski definition) is 6. The molecule has 3 aromatic carbocycles. The predicted octanol–water partition coefficient (Wildman–Crippen LogP) is 5.86. The quantitative estimate of drug-likeness (QED) is 0.212. The first-order valence-corrected chi connectivity index (χ1v) is 11.9. The Morgan fingerprint density at radius 3 is 1.86 bits per heavy atom. The summed E-state index contributed by atoms with van der Waals surface area (Å²) in [6.07, 6.45) is 2.30. The second kappa shape index (κ2) is 16.7. The van der Waals surface area contributed by atoms with Gasteiger partial charge in [-0.25, -0.2) is 4.79 Å². The van der Waals surface area contributed by atoms with Gasteiger partial charge in [-0.3, -0.25) is 9.59 Å². The zero-order valence-corrected chi connectivity index (χ0v) is 21.0. The minimum absolute atomic E-state index is 0.110. The maximum absolute atomic E-state index is 11.2. The van der Waals surface area contributed by atoms with Gasteiger partial charge in [-0.15, -0.1) is 6.58 Å². The van der Waals surface area contributed by atoms with E-state index in [2.05, 4.69) is 6.58 Å². The molecule has 1 fully saturated rings. The van der Waals surface area contributed by atoms with E-state index >= 15 is 0 Å². The highest BCUT2D eigenvalue weighted by molar-refractivity contribution is 6.30. The first-order chi connectivity index (χ1) is 17.9. The van der Waals surface area contributed by atoms with Crippen LogP contribution in [0.2, 0.25) is 5.02 Å². The van der Waals surface area contributed by atoms with Gasteiger partial charge in [0.15, 0.2) is 0 Å². The van der Waals surface area contributed by atoms with E-state index in [4.69, 9.17) is 30.9 Å². The molecule has 3 aromatic rings. The summed E-state index contributed by atoms with van der Waals surface area (Å²) in [6, 6.07) is 25.4. The van der Waals surface area contributed by atoms with Gasteiger partial charge < -0.3 is 19.3 Å². The van der Waals surface area contributed by atoms with Crippen molar-refractivity contribution in [2.24, 2.45) is 0 Å². The first kappa shape index (κ1) is 29.3. The fraction of sp³-hybridized carbons (Fsp3) is 0.207. The molecule has 1 N–H and O–H groups in total. The van der Waals surface area contributed by atoms with E-state index in [-0.39, 0.29) is 30.0 Å². The molecule has 0 spiro atoms. The lowest BCUT2D eigenvalue weighted by molar-refractivity contribution is -0.145. The molecular formula is C29H29ClO7. The first-order valence-electron chi connectivity index (χ1n) is 11.5. The number of carbonyl (C=O) groups excluding carboxylic acids is 2. The van der Waals surface area contributed by atoms with Crippen LogP contribution in [0.15, 0.2) is 97.6 Å². The second-order valence-corrected chi connectivity index (χ2v) is 8.20. The SMILES string of the molecule is C=CCC(=O)OCc1ccccc1.O=C(CC1CO1)OCc1ccccc1.O=C(O)c1cccc(Cl)c1. The molecule has 0 aromatic heterocycles. The average molecular weight is 525 g/mol. The number of benzene rings is 3. The Hall–Kier alpha value is -3.94. The molecule has 194 valence electrons. The van der Waals surface area contributed by atoms with E-state index in [0.29, 0.717) is 31.3 Å². The van der Waals surface area contributed by atoms with Crippen LogP contribution in [0.1, 0.15) is 34.3 Å². The molecule has 37 heavy (non-hydrogen) atoms. The maximum atomic E-state index is 11.2. The van der Waals surface area contributed by atoms with Crippen molar-refractivity contribution < 1.29 is 33.7 Å². The minimum atomic E-state index is -0.956. The van der Waals surface area contributed by atoms with Crippen LogP contribution in [0, 0.1) is 0 Å². The van der Waals surface area contributed by atoms with Gasteiger partial charge >= 0.3 is 17.9 Å². The Balaban J connectivity index is 0.000000198. The van der Waals surface area contributed by atoms with Crippen LogP contribution in [0.4, 0.5) is 0 Å². The zero-order chi connectivity index (χ0) is 26.9. The van der Waals surface area contributed by atoms with Crippen LogP contribution < -0.4 is 0 Å². The van der Waals surface area contributed by atoms with Gasteiger partial charge in [0, 0.05) is 5.02 Å². The van der Waals surface area contributed by atoms with Crippen LogP contribution in [-0.2, 0) is 37.0 Å². The number of rotatable bonds is 9. The van der Waals surface area contributed by atoms with E-state index in [1.807, 2.05) is 60.7 Å². The van der Waals surface area contributed by atoms with E-state index in [0.717, 1.165) is 11.1 Å². The van der Waals surface area contributed by atoms with E-state index in [1.165, 1.54) is 18.2 Å². The fourth-order valence-electron chi connectivity index (χ4n) is 2.71. The number of carbonyl (C=O) groups is 3. The van der Waals surface area contributed by atoms with Gasteiger partial charge in [0.2, 0.25) is 0 Å². The third-order valence-corrected chi connectivity index (χ3v) is 4.90. The Bertz CT molecular complexity index is 1130. The third kappa shape index (κ3) is 13.7. The Morgan fingerprint density at radius 1 is 0.892 bits per heavy atom. The summed E-state index contributed by atoms with van der Waals surface area (Å²) in [5, 5.41) is 8.89. The predicted molar refractivity (Wildman–Crippen MR) is 140 cm³/mol. The minimum Gasteiger partial charge on any atom is -0.478 e. The number of carboxylic acid groups (broad SMARTS) is 1. The van der Waals surface area contributed by atoms with Crippen LogP contribution in [0.25, 0.3) is 0 Å². The van der Waals surface area contributed by atoms with Crippen molar-refractivity contribution >= 4 is 29.5 Å². The lowest BCUT2D eigenvalue weighted by atomic mass is 10.2. The Morgan fingerprint density at radius 2 is 1.43 bits per heavy atom. The highest BCUT2D eigenvalue weighted by atomic mass is 35.5. The number of ether oxygens (including phenoxy) is 3. The summed E-state index contributed by atoms with van der Waals surface area (Å²) in [7, 11) is 0. The van der Waals surface area contributed by atoms with Crippen molar-refractivity contribution in [2.75, 3.05) is 6.61 Å². The van der Waals surface area contributed by atoms with E-state index in [9.17, 15) is 14.4 Å². The molecule has 4 rings (SSSR count). The molecule has 1 aliphatic heterocycles. The van der Waals surface area contributed by atoms with Crippen LogP contribution in [-0.4, -0.2) is 35.7 Å². The summed E-state index contributed by atoms with van der Waals surface area (Å²) in [5.74, 6) is -1.38. The van der Waals surface area contributed by atoms with Gasteiger partial charge in [-0.2, -0.15) is 0 Å². The molecule has 0 aliphatic carbocycles. The number of epoxide rings is 1. The van der Waals surface area contributed by atoms with Crippen molar-refractivity contribution in [2.45, 2.75) is 32.2 Å². The Kier molecular flexibility index (Phi) is 13.2. The summed E-state index contributed by atoms with van der Waals surface area (Å²) < 4.78 is 14.9. The fourth-order valence-corrected chi connectivity index (χ4v) is 2.90. The molecule has 7 nitrogen and oxygen atoms in total. The number of carboxylic acids is 1. The van der Waals surface area contributed by atoms with Crippen molar-refractivity contribution in [3.05, 3.63) is 119 Å². The summed E-state index contributed by atoms with van der Waals surface area (Å²) in [4.78, 5) is 32.4. The summed E-state index contributed by atoms with van der Waals surface area (Å²) in [5.41, 5.74) is 2.23. The van der Waals surface area contributed by atoms with E-state index < -0.39 is 5.97 Å². The van der Waals surface area contributed by atoms with Crippen molar-refractivity contribution in [1.82, 2.24) is 0 Å². The average Bonchev–Trinajstić information content (AvgIpc) is 3.72. The number of aromatic carboxylic acids is 1. The lowest BCUT2D eigenvalue weighted by Crippen LogP contribution is -2.07. The highest BCUT2D eigenvalue weighted by Gasteiger charge is 2.26. The van der Waals surface area contributed by atoms with Gasteiger partial charge in [-0.1, -0.05) is 84.4 Å². The molecule has 8 heteroatoms. The second-order valence-electron chi connectivity index (χ2n) is 7.76. The third-order valence-electron chi connectivity index (χ3n) is 4.66. The molecule has 1 unspecified atom stereocenters. The normalized spacial score (nSPS) is 12.9. The van der Waals surface area contributed by atoms with Gasteiger partial charge in [0.1, 0.15) is 13.2 Å². The molecule has 1 saturated heterocycles. The lowest BCUT2D eigenvalue weighted by Gasteiger charge is -2.02. The van der Waals surface area contributed by atoms with Crippen LogP contribution >= 0.6 is 11.6 Å². The van der Waals surface area contributed by atoms with Crippen molar-refractivity contribution in [3.8, 4) is 0 Å². The summed E-state index contributed by atoms with van der Waals surface area (Å²) in [6.45, 7) is 4.84. The molecule has 0 saturated carbocycles. The molecule has 1 atom stereocenters. The van der Waals surface area contributed by atoms with E-state index in [1.54, 1.807) is 12.1 Å². The smallest absolute Gasteiger partial charge is 0.335 e. The van der Waals surface area contributed by atoms with Crippen molar-refractivity contribution in [3.63, 3.8) is 0 Å². The molecule has 1 heterocycles. The van der Waals surface area contributed by atoms with Crippen LogP contribution in [0.3, 0.4) is 0 Å².